The Morgan fingerprint density at radius 1 is 0.621 bits per heavy atom. The van der Waals surface area contributed by atoms with E-state index in [4.69, 9.17) is 33.5 Å². The first-order valence-electron chi connectivity index (χ1n) is 10.00. The number of carbonyl (C=O) groups is 2. The lowest BCUT2D eigenvalue weighted by Gasteiger charge is -2.08. The largest absolute Gasteiger partial charge is 0.394 e. The fraction of sp³-hybridized carbons (Fsp3) is 0.895. The minimum atomic E-state index is -0.100. The smallest absolute Gasteiger partial charge is 0.222 e. The molecule has 0 atom stereocenters. The Kier molecular flexibility index (Phi) is 22.2. The Morgan fingerprint density at radius 3 is 1.48 bits per heavy atom. The summed E-state index contributed by atoms with van der Waals surface area (Å²) in [7, 11) is 0. The molecule has 0 bridgehead atoms. The number of ether oxygens (including phenoxy) is 6. The maximum Gasteiger partial charge on any atom is 0.222 e. The van der Waals surface area contributed by atoms with E-state index in [1.165, 1.54) is 6.92 Å². The standard InChI is InChI=1S/C19H37NO9/c1-18(22)2-6-24-10-12-27-14-16-29-17-15-28-13-11-25-7-3-19(23)20-4-8-26-9-5-21/h21H,2-17H2,1H3,(H,20,23). The second kappa shape index (κ2) is 23.1. The first-order valence-corrected chi connectivity index (χ1v) is 10.00. The molecule has 0 saturated carbocycles. The number of hydrogen-bond donors (Lipinski definition) is 2. The number of Topliss-reactive ketones (excluding diaryl/α,β-unsaturated/α-hetero) is 1. The summed E-state index contributed by atoms with van der Waals surface area (Å²) in [6.07, 6.45) is 0.719. The van der Waals surface area contributed by atoms with E-state index in [0.29, 0.717) is 85.6 Å². The molecule has 0 fully saturated rings. The molecule has 0 spiro atoms. The quantitative estimate of drug-likeness (QED) is 0.211. The van der Waals surface area contributed by atoms with E-state index >= 15 is 0 Å². The van der Waals surface area contributed by atoms with Crippen molar-refractivity contribution in [2.75, 3.05) is 92.4 Å². The number of carbonyl (C=O) groups excluding carboxylic acids is 2. The van der Waals surface area contributed by atoms with Gasteiger partial charge in [-0.3, -0.25) is 9.59 Å². The average molecular weight is 424 g/mol. The van der Waals surface area contributed by atoms with Gasteiger partial charge >= 0.3 is 0 Å². The molecule has 29 heavy (non-hydrogen) atoms. The highest BCUT2D eigenvalue weighted by atomic mass is 16.6. The molecule has 1 amide bonds. The molecule has 0 aromatic heterocycles. The second-order valence-corrected chi connectivity index (χ2v) is 5.95. The fourth-order valence-corrected chi connectivity index (χ4v) is 1.88. The van der Waals surface area contributed by atoms with Crippen molar-refractivity contribution < 1.29 is 43.1 Å². The predicted molar refractivity (Wildman–Crippen MR) is 105 cm³/mol. The molecule has 10 nitrogen and oxygen atoms in total. The molecule has 172 valence electrons. The van der Waals surface area contributed by atoms with E-state index in [9.17, 15) is 9.59 Å². The Bertz CT molecular complexity index is 383. The first kappa shape index (κ1) is 27.9. The summed E-state index contributed by atoms with van der Waals surface area (Å²) in [5.74, 6) is 0.0188. The van der Waals surface area contributed by atoms with Crippen molar-refractivity contribution in [1.82, 2.24) is 5.32 Å². The van der Waals surface area contributed by atoms with Crippen molar-refractivity contribution >= 4 is 11.7 Å². The Hall–Kier alpha value is -1.14. The maximum atomic E-state index is 11.5. The average Bonchev–Trinajstić information content (AvgIpc) is 2.70. The fourth-order valence-electron chi connectivity index (χ4n) is 1.88. The van der Waals surface area contributed by atoms with E-state index in [2.05, 4.69) is 5.32 Å². The number of rotatable bonds is 23. The van der Waals surface area contributed by atoms with Crippen LogP contribution >= 0.6 is 0 Å². The van der Waals surface area contributed by atoms with E-state index in [-0.39, 0.29) is 31.3 Å². The third-order valence-corrected chi connectivity index (χ3v) is 3.36. The van der Waals surface area contributed by atoms with Crippen molar-refractivity contribution in [1.29, 1.82) is 0 Å². The number of aliphatic hydroxyl groups is 1. The minimum Gasteiger partial charge on any atom is -0.394 e. The number of aliphatic hydroxyl groups excluding tert-OH is 1. The van der Waals surface area contributed by atoms with E-state index in [0.717, 1.165) is 0 Å². The summed E-state index contributed by atoms with van der Waals surface area (Å²) in [6.45, 7) is 7.06. The van der Waals surface area contributed by atoms with Crippen molar-refractivity contribution in [3.05, 3.63) is 0 Å². The molecule has 0 heterocycles. The summed E-state index contributed by atoms with van der Waals surface area (Å²) in [5, 5.41) is 11.2. The zero-order valence-corrected chi connectivity index (χ0v) is 17.5. The summed E-state index contributed by atoms with van der Waals surface area (Å²) in [6, 6.07) is 0. The summed E-state index contributed by atoms with van der Waals surface area (Å²) in [4.78, 5) is 22.2. The molecule has 0 radical (unpaired) electrons. The molecule has 0 unspecified atom stereocenters. The van der Waals surface area contributed by atoms with Crippen LogP contribution < -0.4 is 5.32 Å². The van der Waals surface area contributed by atoms with Gasteiger partial charge in [0, 0.05) is 19.4 Å². The molecule has 0 aromatic carbocycles. The zero-order chi connectivity index (χ0) is 21.4. The molecule has 0 aliphatic heterocycles. The molecular weight excluding hydrogens is 386 g/mol. The minimum absolute atomic E-state index is 0.0228. The van der Waals surface area contributed by atoms with Gasteiger partial charge in [-0.25, -0.2) is 0 Å². The summed E-state index contributed by atoms with van der Waals surface area (Å²) >= 11 is 0. The van der Waals surface area contributed by atoms with Gasteiger partial charge < -0.3 is 38.8 Å². The molecule has 0 rings (SSSR count). The van der Waals surface area contributed by atoms with Crippen molar-refractivity contribution in [2.45, 2.75) is 19.8 Å². The molecule has 0 aromatic rings. The third-order valence-electron chi connectivity index (χ3n) is 3.36. The number of amides is 1. The molecule has 0 aliphatic rings. The molecule has 0 saturated heterocycles. The second-order valence-electron chi connectivity index (χ2n) is 5.95. The monoisotopic (exact) mass is 423 g/mol. The van der Waals surface area contributed by atoms with Crippen LogP contribution in [-0.4, -0.2) is 109 Å². The molecule has 10 heteroatoms. The van der Waals surface area contributed by atoms with Gasteiger partial charge in [0.05, 0.1) is 85.9 Å². The normalized spacial score (nSPS) is 11.0. The maximum absolute atomic E-state index is 11.5. The highest BCUT2D eigenvalue weighted by Gasteiger charge is 2.00. The van der Waals surface area contributed by atoms with Crippen molar-refractivity contribution in [2.24, 2.45) is 0 Å². The van der Waals surface area contributed by atoms with Crippen LogP contribution in [0.3, 0.4) is 0 Å². The van der Waals surface area contributed by atoms with Gasteiger partial charge in [0.15, 0.2) is 0 Å². The zero-order valence-electron chi connectivity index (χ0n) is 17.5. The van der Waals surface area contributed by atoms with Crippen molar-refractivity contribution in [3.8, 4) is 0 Å². The van der Waals surface area contributed by atoms with Crippen LogP contribution in [0.2, 0.25) is 0 Å². The lowest BCUT2D eigenvalue weighted by atomic mass is 10.3. The van der Waals surface area contributed by atoms with Crippen LogP contribution in [0.25, 0.3) is 0 Å². The van der Waals surface area contributed by atoms with Crippen LogP contribution in [0.1, 0.15) is 19.8 Å². The van der Waals surface area contributed by atoms with E-state index in [1.807, 2.05) is 0 Å². The van der Waals surface area contributed by atoms with Crippen LogP contribution in [-0.2, 0) is 38.0 Å². The van der Waals surface area contributed by atoms with Gasteiger partial charge in [-0.1, -0.05) is 0 Å². The number of hydrogen-bond acceptors (Lipinski definition) is 9. The van der Waals surface area contributed by atoms with Crippen LogP contribution in [0, 0.1) is 0 Å². The van der Waals surface area contributed by atoms with E-state index < -0.39 is 0 Å². The highest BCUT2D eigenvalue weighted by Crippen LogP contribution is 1.87. The van der Waals surface area contributed by atoms with Crippen molar-refractivity contribution in [3.63, 3.8) is 0 Å². The summed E-state index contributed by atoms with van der Waals surface area (Å²) in [5.41, 5.74) is 0. The van der Waals surface area contributed by atoms with Crippen LogP contribution in [0.5, 0.6) is 0 Å². The molecule has 2 N–H and O–H groups in total. The Balaban J connectivity index is 3.11. The van der Waals surface area contributed by atoms with Crippen LogP contribution in [0.15, 0.2) is 0 Å². The number of nitrogens with one attached hydrogen (secondary N) is 1. The lowest BCUT2D eigenvalue weighted by Crippen LogP contribution is -2.28. The van der Waals surface area contributed by atoms with Gasteiger partial charge in [-0.05, 0) is 6.92 Å². The third kappa shape index (κ3) is 24.8. The summed E-state index contributed by atoms with van der Waals surface area (Å²) < 4.78 is 31.6. The van der Waals surface area contributed by atoms with Gasteiger partial charge in [0.2, 0.25) is 5.91 Å². The lowest BCUT2D eigenvalue weighted by molar-refractivity contribution is -0.122. The van der Waals surface area contributed by atoms with Gasteiger partial charge in [-0.2, -0.15) is 0 Å². The van der Waals surface area contributed by atoms with Gasteiger partial charge in [0.1, 0.15) is 5.78 Å². The van der Waals surface area contributed by atoms with E-state index in [1.54, 1.807) is 0 Å². The van der Waals surface area contributed by atoms with Crippen LogP contribution in [0.4, 0.5) is 0 Å². The topological polar surface area (TPSA) is 122 Å². The Labute approximate surface area is 173 Å². The first-order chi connectivity index (χ1) is 14.2. The van der Waals surface area contributed by atoms with Gasteiger partial charge in [-0.15, -0.1) is 0 Å². The number of ketones is 1. The predicted octanol–water partition coefficient (Wildman–Crippen LogP) is -0.436. The molecular formula is C19H37NO9. The Morgan fingerprint density at radius 2 is 1.03 bits per heavy atom. The van der Waals surface area contributed by atoms with Gasteiger partial charge in [0.25, 0.3) is 0 Å². The highest BCUT2D eigenvalue weighted by molar-refractivity contribution is 5.76. The SMILES string of the molecule is CC(=O)CCOCCOCCOCCOCCOCCC(=O)NCCOCCO. The molecule has 0 aliphatic carbocycles.